The molecule has 0 aliphatic rings. The third kappa shape index (κ3) is 4.50. The molecule has 0 bridgehead atoms. The maximum Gasteiger partial charge on any atom is 0.237 e. The van der Waals surface area contributed by atoms with Gasteiger partial charge in [-0.2, -0.15) is 0 Å². The van der Waals surface area contributed by atoms with Gasteiger partial charge in [0.05, 0.1) is 12.1 Å². The Balaban J connectivity index is 2.83. The van der Waals surface area contributed by atoms with Gasteiger partial charge in [-0.25, -0.2) is 0 Å². The summed E-state index contributed by atoms with van der Waals surface area (Å²) in [4.78, 5) is 12.2. The van der Waals surface area contributed by atoms with E-state index in [9.17, 15) is 4.79 Å². The van der Waals surface area contributed by atoms with Gasteiger partial charge in [0.2, 0.25) is 5.91 Å². The molecule has 0 heterocycles. The van der Waals surface area contributed by atoms with Gasteiger partial charge in [-0.1, -0.05) is 57.8 Å². The first-order valence-electron chi connectivity index (χ1n) is 7.18. The lowest BCUT2D eigenvalue weighted by Gasteiger charge is -2.26. The van der Waals surface area contributed by atoms with Crippen LogP contribution in [0.2, 0.25) is 5.02 Å². The molecule has 0 spiro atoms. The normalized spacial score (nSPS) is 15.8. The molecule has 0 saturated carbocycles. The molecule has 4 heteroatoms. The Bertz CT molecular complexity index is 431. The average molecular weight is 297 g/mol. The zero-order valence-corrected chi connectivity index (χ0v) is 13.4. The first-order chi connectivity index (χ1) is 9.36. The van der Waals surface area contributed by atoms with Gasteiger partial charge in [0.15, 0.2) is 0 Å². The van der Waals surface area contributed by atoms with E-state index in [2.05, 4.69) is 19.2 Å². The van der Waals surface area contributed by atoms with Crippen molar-refractivity contribution in [2.24, 2.45) is 17.6 Å². The highest BCUT2D eigenvalue weighted by molar-refractivity contribution is 6.30. The van der Waals surface area contributed by atoms with Gasteiger partial charge in [0, 0.05) is 5.02 Å². The van der Waals surface area contributed by atoms with E-state index in [4.69, 9.17) is 17.3 Å². The zero-order valence-electron chi connectivity index (χ0n) is 12.7. The first-order valence-corrected chi connectivity index (χ1v) is 7.56. The van der Waals surface area contributed by atoms with Crippen molar-refractivity contribution in [3.05, 3.63) is 34.9 Å². The number of hydrogen-bond acceptors (Lipinski definition) is 2. The molecule has 1 aromatic rings. The number of benzene rings is 1. The molecule has 3 atom stereocenters. The molecule has 0 fully saturated rings. The van der Waals surface area contributed by atoms with Gasteiger partial charge < -0.3 is 11.1 Å². The summed E-state index contributed by atoms with van der Waals surface area (Å²) in [5.74, 6) is 0.366. The molecule has 112 valence electrons. The minimum atomic E-state index is -0.464. The Labute approximate surface area is 126 Å². The lowest BCUT2D eigenvalue weighted by atomic mass is 9.94. The molecule has 0 aromatic heterocycles. The Morgan fingerprint density at radius 1 is 1.25 bits per heavy atom. The molecule has 0 radical (unpaired) electrons. The van der Waals surface area contributed by atoms with Crippen molar-refractivity contribution < 1.29 is 4.79 Å². The predicted molar refractivity (Wildman–Crippen MR) is 84.6 cm³/mol. The van der Waals surface area contributed by atoms with E-state index in [1.54, 1.807) is 0 Å². The van der Waals surface area contributed by atoms with Crippen LogP contribution in [0, 0.1) is 11.8 Å². The lowest BCUT2D eigenvalue weighted by molar-refractivity contribution is -0.124. The number of nitrogens with one attached hydrogen (secondary N) is 1. The van der Waals surface area contributed by atoms with Crippen molar-refractivity contribution in [1.82, 2.24) is 5.32 Å². The maximum absolute atomic E-state index is 12.2. The van der Waals surface area contributed by atoms with E-state index in [1.165, 1.54) is 0 Å². The van der Waals surface area contributed by atoms with E-state index < -0.39 is 6.04 Å². The van der Waals surface area contributed by atoms with Crippen LogP contribution in [0.15, 0.2) is 24.3 Å². The van der Waals surface area contributed by atoms with Gasteiger partial charge in [-0.05, 0) is 29.5 Å². The number of rotatable bonds is 6. The van der Waals surface area contributed by atoms with Crippen molar-refractivity contribution in [1.29, 1.82) is 0 Å². The van der Waals surface area contributed by atoms with Crippen LogP contribution in [0.4, 0.5) is 0 Å². The summed E-state index contributed by atoms with van der Waals surface area (Å²) in [6.45, 7) is 8.19. The fourth-order valence-electron chi connectivity index (χ4n) is 2.07. The van der Waals surface area contributed by atoms with Gasteiger partial charge >= 0.3 is 0 Å². The lowest BCUT2D eigenvalue weighted by Crippen LogP contribution is -2.46. The Morgan fingerprint density at radius 2 is 1.80 bits per heavy atom. The van der Waals surface area contributed by atoms with Crippen LogP contribution in [-0.2, 0) is 4.79 Å². The topological polar surface area (TPSA) is 55.1 Å². The Morgan fingerprint density at radius 3 is 2.25 bits per heavy atom. The monoisotopic (exact) mass is 296 g/mol. The maximum atomic E-state index is 12.2. The summed E-state index contributed by atoms with van der Waals surface area (Å²) in [7, 11) is 0. The standard InChI is InChI=1S/C16H25ClN2O/c1-5-11(4)14(18)16(20)19-15(10(2)3)12-6-8-13(17)9-7-12/h6-11,14-15H,5,18H2,1-4H3,(H,19,20)/t11?,14-,15?/m0/s1. The van der Waals surface area contributed by atoms with Crippen molar-refractivity contribution >= 4 is 17.5 Å². The molecule has 2 unspecified atom stereocenters. The summed E-state index contributed by atoms with van der Waals surface area (Å²) in [5.41, 5.74) is 7.04. The molecule has 1 aromatic carbocycles. The van der Waals surface area contributed by atoms with E-state index in [1.807, 2.05) is 38.1 Å². The summed E-state index contributed by atoms with van der Waals surface area (Å²) < 4.78 is 0. The zero-order chi connectivity index (χ0) is 15.3. The van der Waals surface area contributed by atoms with Crippen LogP contribution in [0.25, 0.3) is 0 Å². The fraction of sp³-hybridized carbons (Fsp3) is 0.562. The van der Waals surface area contributed by atoms with Crippen LogP contribution in [0.3, 0.4) is 0 Å². The van der Waals surface area contributed by atoms with Crippen LogP contribution in [0.1, 0.15) is 45.7 Å². The van der Waals surface area contributed by atoms with E-state index in [0.717, 1.165) is 12.0 Å². The highest BCUT2D eigenvalue weighted by atomic mass is 35.5. The summed E-state index contributed by atoms with van der Waals surface area (Å²) >= 11 is 5.91. The minimum absolute atomic E-state index is 0.0464. The number of nitrogens with two attached hydrogens (primary N) is 1. The molecular formula is C16H25ClN2O. The number of halogens is 1. The van der Waals surface area contributed by atoms with Gasteiger partial charge in [-0.3, -0.25) is 4.79 Å². The van der Waals surface area contributed by atoms with Crippen molar-refractivity contribution in [2.45, 2.75) is 46.2 Å². The third-order valence-electron chi connectivity index (χ3n) is 3.75. The summed E-state index contributed by atoms with van der Waals surface area (Å²) in [5, 5.41) is 3.75. The molecule has 1 rings (SSSR count). The molecule has 0 saturated heterocycles. The van der Waals surface area contributed by atoms with E-state index in [0.29, 0.717) is 5.02 Å². The molecule has 1 amide bonds. The predicted octanol–water partition coefficient (Wildman–Crippen LogP) is 3.53. The molecule has 0 aliphatic carbocycles. The Hall–Kier alpha value is -1.06. The second-order valence-corrected chi connectivity index (χ2v) is 6.13. The summed E-state index contributed by atoms with van der Waals surface area (Å²) in [6, 6.07) is 7.06. The van der Waals surface area contributed by atoms with Gasteiger partial charge in [0.1, 0.15) is 0 Å². The average Bonchev–Trinajstić information content (AvgIpc) is 2.43. The Kier molecular flexibility index (Phi) is 6.50. The number of amides is 1. The molecule has 0 aliphatic heterocycles. The van der Waals surface area contributed by atoms with Crippen LogP contribution >= 0.6 is 11.6 Å². The van der Waals surface area contributed by atoms with Crippen molar-refractivity contribution in [3.8, 4) is 0 Å². The highest BCUT2D eigenvalue weighted by Gasteiger charge is 2.24. The van der Waals surface area contributed by atoms with Gasteiger partial charge in [-0.15, -0.1) is 0 Å². The van der Waals surface area contributed by atoms with Crippen LogP contribution in [0.5, 0.6) is 0 Å². The minimum Gasteiger partial charge on any atom is -0.348 e. The largest absolute Gasteiger partial charge is 0.348 e. The number of hydrogen-bond donors (Lipinski definition) is 2. The van der Waals surface area contributed by atoms with E-state index >= 15 is 0 Å². The fourth-order valence-corrected chi connectivity index (χ4v) is 2.19. The third-order valence-corrected chi connectivity index (χ3v) is 4.01. The molecular weight excluding hydrogens is 272 g/mol. The molecule has 20 heavy (non-hydrogen) atoms. The smallest absolute Gasteiger partial charge is 0.237 e. The van der Waals surface area contributed by atoms with E-state index in [-0.39, 0.29) is 23.8 Å². The highest BCUT2D eigenvalue weighted by Crippen LogP contribution is 2.23. The second kappa shape index (κ2) is 7.65. The number of carbonyl (C=O) groups excluding carboxylic acids is 1. The van der Waals surface area contributed by atoms with Crippen molar-refractivity contribution in [3.63, 3.8) is 0 Å². The van der Waals surface area contributed by atoms with Crippen LogP contribution in [-0.4, -0.2) is 11.9 Å². The summed E-state index contributed by atoms with van der Waals surface area (Å²) in [6.07, 6.45) is 0.891. The molecule has 3 N–H and O–H groups in total. The van der Waals surface area contributed by atoms with Gasteiger partial charge in [0.25, 0.3) is 0 Å². The molecule has 3 nitrogen and oxygen atoms in total. The number of carbonyl (C=O) groups is 1. The second-order valence-electron chi connectivity index (χ2n) is 5.69. The van der Waals surface area contributed by atoms with Crippen LogP contribution < -0.4 is 11.1 Å². The first kappa shape index (κ1) is 17.0. The quantitative estimate of drug-likeness (QED) is 0.844. The van der Waals surface area contributed by atoms with Crippen molar-refractivity contribution in [2.75, 3.05) is 0 Å². The SMILES string of the molecule is CCC(C)[C@H](N)C(=O)NC(c1ccc(Cl)cc1)C(C)C.